The van der Waals surface area contributed by atoms with Crippen molar-refractivity contribution >= 4 is 0 Å². The lowest BCUT2D eigenvalue weighted by molar-refractivity contribution is 0.203. The molecule has 0 rings (SSSR count). The first-order valence-electron chi connectivity index (χ1n) is 2.58. The van der Waals surface area contributed by atoms with Gasteiger partial charge in [0.2, 0.25) is 0 Å². The normalized spacial score (nSPS) is 10.2. The maximum atomic E-state index is 4.78. The molecule has 0 aromatic heterocycles. The SMILES string of the molecule is CO/C=C/CCOC. The molecule has 0 fully saturated rings. The van der Waals surface area contributed by atoms with Gasteiger partial charge in [-0.15, -0.1) is 0 Å². The highest BCUT2D eigenvalue weighted by atomic mass is 16.5. The quantitative estimate of drug-likeness (QED) is 0.405. The van der Waals surface area contributed by atoms with Crippen molar-refractivity contribution in [2.45, 2.75) is 6.42 Å². The first-order chi connectivity index (χ1) is 3.91. The van der Waals surface area contributed by atoms with Crippen molar-refractivity contribution in [2.24, 2.45) is 0 Å². The standard InChI is InChI=1S/C6H12O2/c1-7-5-3-4-6-8-2/h3,5H,4,6H2,1-2H3/b5-3+. The van der Waals surface area contributed by atoms with Crippen LogP contribution in [-0.4, -0.2) is 20.8 Å². The fourth-order valence-corrected chi connectivity index (χ4v) is 0.350. The first-order valence-corrected chi connectivity index (χ1v) is 2.58. The Morgan fingerprint density at radius 3 is 2.62 bits per heavy atom. The van der Waals surface area contributed by atoms with E-state index in [1.165, 1.54) is 0 Å². The summed E-state index contributed by atoms with van der Waals surface area (Å²) >= 11 is 0. The minimum Gasteiger partial charge on any atom is -0.505 e. The van der Waals surface area contributed by atoms with Crippen molar-refractivity contribution in [1.29, 1.82) is 0 Å². The molecule has 0 amide bonds. The molecule has 2 heteroatoms. The Morgan fingerprint density at radius 1 is 1.38 bits per heavy atom. The van der Waals surface area contributed by atoms with Crippen molar-refractivity contribution < 1.29 is 9.47 Å². The van der Waals surface area contributed by atoms with Gasteiger partial charge in [0.15, 0.2) is 0 Å². The van der Waals surface area contributed by atoms with Crippen molar-refractivity contribution in [3.8, 4) is 0 Å². The van der Waals surface area contributed by atoms with Crippen LogP contribution in [0.25, 0.3) is 0 Å². The van der Waals surface area contributed by atoms with Crippen LogP contribution < -0.4 is 0 Å². The molecule has 0 saturated carbocycles. The second-order valence-electron chi connectivity index (χ2n) is 1.39. The Labute approximate surface area is 50.1 Å². The maximum absolute atomic E-state index is 4.78. The van der Waals surface area contributed by atoms with Gasteiger partial charge in [-0.3, -0.25) is 0 Å². The van der Waals surface area contributed by atoms with Crippen LogP contribution in [-0.2, 0) is 9.47 Å². The highest BCUT2D eigenvalue weighted by molar-refractivity contribution is 4.71. The van der Waals surface area contributed by atoms with Gasteiger partial charge >= 0.3 is 0 Å². The molecule has 48 valence electrons. The van der Waals surface area contributed by atoms with E-state index in [1.54, 1.807) is 20.5 Å². The number of rotatable bonds is 4. The predicted molar refractivity (Wildman–Crippen MR) is 32.6 cm³/mol. The van der Waals surface area contributed by atoms with E-state index in [1.807, 2.05) is 6.08 Å². The Balaban J connectivity index is 2.80. The van der Waals surface area contributed by atoms with Crippen molar-refractivity contribution in [2.75, 3.05) is 20.8 Å². The van der Waals surface area contributed by atoms with Gasteiger partial charge in [-0.05, 0) is 12.5 Å². The van der Waals surface area contributed by atoms with Crippen LogP contribution in [0.2, 0.25) is 0 Å². The van der Waals surface area contributed by atoms with Crippen molar-refractivity contribution in [3.05, 3.63) is 12.3 Å². The fourth-order valence-electron chi connectivity index (χ4n) is 0.350. The van der Waals surface area contributed by atoms with Gasteiger partial charge in [-0.1, -0.05) is 0 Å². The van der Waals surface area contributed by atoms with Gasteiger partial charge in [-0.2, -0.15) is 0 Å². The second kappa shape index (κ2) is 6.50. The second-order valence-corrected chi connectivity index (χ2v) is 1.39. The van der Waals surface area contributed by atoms with Crippen LogP contribution in [0.4, 0.5) is 0 Å². The van der Waals surface area contributed by atoms with Crippen LogP contribution >= 0.6 is 0 Å². The third-order valence-electron chi connectivity index (χ3n) is 0.721. The summed E-state index contributed by atoms with van der Waals surface area (Å²) in [6.07, 6.45) is 4.49. The fraction of sp³-hybridized carbons (Fsp3) is 0.667. The van der Waals surface area contributed by atoms with Crippen molar-refractivity contribution in [3.63, 3.8) is 0 Å². The van der Waals surface area contributed by atoms with E-state index < -0.39 is 0 Å². The third-order valence-corrected chi connectivity index (χ3v) is 0.721. The summed E-state index contributed by atoms with van der Waals surface area (Å²) in [5, 5.41) is 0. The van der Waals surface area contributed by atoms with Crippen LogP contribution in [0, 0.1) is 0 Å². The number of ether oxygens (including phenoxy) is 2. The van der Waals surface area contributed by atoms with Gasteiger partial charge in [0.05, 0.1) is 13.4 Å². The molecule has 0 aliphatic rings. The van der Waals surface area contributed by atoms with Crippen LogP contribution in [0.15, 0.2) is 12.3 Å². The molecular formula is C6H12O2. The monoisotopic (exact) mass is 116 g/mol. The van der Waals surface area contributed by atoms with E-state index in [4.69, 9.17) is 4.74 Å². The lowest BCUT2D eigenvalue weighted by atomic mass is 10.4. The van der Waals surface area contributed by atoms with Crippen LogP contribution in [0.3, 0.4) is 0 Å². The van der Waals surface area contributed by atoms with Gasteiger partial charge in [0.1, 0.15) is 0 Å². The largest absolute Gasteiger partial charge is 0.505 e. The van der Waals surface area contributed by atoms with E-state index >= 15 is 0 Å². The minimum absolute atomic E-state index is 0.764. The molecule has 0 atom stereocenters. The topological polar surface area (TPSA) is 18.5 Å². The molecule has 0 aliphatic carbocycles. The van der Waals surface area contributed by atoms with Gasteiger partial charge in [-0.25, -0.2) is 0 Å². The van der Waals surface area contributed by atoms with Crippen LogP contribution in [0.1, 0.15) is 6.42 Å². The highest BCUT2D eigenvalue weighted by Gasteiger charge is 1.74. The third kappa shape index (κ3) is 5.50. The van der Waals surface area contributed by atoms with E-state index in [-0.39, 0.29) is 0 Å². The highest BCUT2D eigenvalue weighted by Crippen LogP contribution is 1.82. The molecule has 0 unspecified atom stereocenters. The van der Waals surface area contributed by atoms with E-state index in [0.29, 0.717) is 0 Å². The molecule has 8 heavy (non-hydrogen) atoms. The molecule has 0 aromatic carbocycles. The molecule has 0 aliphatic heterocycles. The van der Waals surface area contributed by atoms with Gasteiger partial charge < -0.3 is 9.47 Å². The van der Waals surface area contributed by atoms with Crippen LogP contribution in [0.5, 0.6) is 0 Å². The molecular weight excluding hydrogens is 104 g/mol. The average molecular weight is 116 g/mol. The Hall–Kier alpha value is -0.500. The molecule has 2 nitrogen and oxygen atoms in total. The smallest absolute Gasteiger partial charge is 0.0785 e. The summed E-state index contributed by atoms with van der Waals surface area (Å²) in [7, 11) is 3.31. The lowest BCUT2D eigenvalue weighted by Crippen LogP contribution is -1.83. The number of methoxy groups -OCH3 is 2. The van der Waals surface area contributed by atoms with Crippen molar-refractivity contribution in [1.82, 2.24) is 0 Å². The average Bonchev–Trinajstić information content (AvgIpc) is 1.81. The number of hydrogen-bond acceptors (Lipinski definition) is 2. The Bertz CT molecular complexity index is 59.5. The molecule has 0 bridgehead atoms. The zero-order valence-corrected chi connectivity index (χ0v) is 5.39. The molecule has 0 heterocycles. The number of hydrogen-bond donors (Lipinski definition) is 0. The summed E-state index contributed by atoms with van der Waals surface area (Å²) in [6.45, 7) is 0.764. The predicted octanol–water partition coefficient (Wildman–Crippen LogP) is 1.18. The zero-order chi connectivity index (χ0) is 6.24. The maximum Gasteiger partial charge on any atom is 0.0785 e. The summed E-state index contributed by atoms with van der Waals surface area (Å²) in [5.74, 6) is 0. The summed E-state index contributed by atoms with van der Waals surface area (Å²) in [6, 6.07) is 0. The minimum atomic E-state index is 0.764. The molecule has 0 radical (unpaired) electrons. The zero-order valence-electron chi connectivity index (χ0n) is 5.39. The summed E-state index contributed by atoms with van der Waals surface area (Å²) in [4.78, 5) is 0. The summed E-state index contributed by atoms with van der Waals surface area (Å²) in [5.41, 5.74) is 0. The van der Waals surface area contributed by atoms with E-state index in [0.717, 1.165) is 13.0 Å². The first kappa shape index (κ1) is 7.50. The molecule has 0 N–H and O–H groups in total. The molecule has 0 spiro atoms. The van der Waals surface area contributed by atoms with E-state index in [9.17, 15) is 0 Å². The van der Waals surface area contributed by atoms with Gasteiger partial charge in [0, 0.05) is 13.7 Å². The Morgan fingerprint density at radius 2 is 2.12 bits per heavy atom. The molecule has 0 aromatic rings. The van der Waals surface area contributed by atoms with E-state index in [2.05, 4.69) is 4.74 Å². The van der Waals surface area contributed by atoms with Gasteiger partial charge in [0.25, 0.3) is 0 Å². The Kier molecular flexibility index (Phi) is 6.09. The molecule has 0 saturated heterocycles. The summed E-state index contributed by atoms with van der Waals surface area (Å²) < 4.78 is 9.43. The lowest BCUT2D eigenvalue weighted by Gasteiger charge is -1.89.